The predicted octanol–water partition coefficient (Wildman–Crippen LogP) is 5.09. The van der Waals surface area contributed by atoms with Gasteiger partial charge in [0.15, 0.2) is 6.10 Å². The quantitative estimate of drug-likeness (QED) is 0.518. The summed E-state index contributed by atoms with van der Waals surface area (Å²) in [4.78, 5) is 12.9. The predicted molar refractivity (Wildman–Crippen MR) is 122 cm³/mol. The van der Waals surface area contributed by atoms with Gasteiger partial charge >= 0.3 is 6.18 Å². The van der Waals surface area contributed by atoms with Gasteiger partial charge in [0.25, 0.3) is 5.91 Å². The molecule has 0 bridgehead atoms. The van der Waals surface area contributed by atoms with Crippen LogP contribution in [0.1, 0.15) is 11.1 Å². The summed E-state index contributed by atoms with van der Waals surface area (Å²) >= 11 is 5.63. The lowest BCUT2D eigenvalue weighted by molar-refractivity contribution is -0.137. The molecule has 0 saturated heterocycles. The van der Waals surface area contributed by atoms with E-state index in [9.17, 15) is 26.4 Å². The Morgan fingerprint density at radius 2 is 1.74 bits per heavy atom. The van der Waals surface area contributed by atoms with Crippen LogP contribution in [0.4, 0.5) is 24.5 Å². The fourth-order valence-corrected chi connectivity index (χ4v) is 5.32. The number of sulfonamides is 1. The zero-order valence-corrected chi connectivity index (χ0v) is 19.0. The van der Waals surface area contributed by atoms with Crippen LogP contribution in [0.3, 0.4) is 0 Å². The van der Waals surface area contributed by atoms with E-state index in [1.807, 2.05) is 0 Å². The van der Waals surface area contributed by atoms with Crippen LogP contribution in [0, 0.1) is 0 Å². The Balaban J connectivity index is 1.60. The van der Waals surface area contributed by atoms with Gasteiger partial charge in [0.1, 0.15) is 5.75 Å². The van der Waals surface area contributed by atoms with Crippen molar-refractivity contribution in [3.8, 4) is 5.75 Å². The van der Waals surface area contributed by atoms with Gasteiger partial charge in [0.05, 0.1) is 28.6 Å². The third-order valence-corrected chi connectivity index (χ3v) is 7.14. The normalized spacial score (nSPS) is 15.9. The van der Waals surface area contributed by atoms with Gasteiger partial charge in [-0.15, -0.1) is 0 Å². The first kappa shape index (κ1) is 23.9. The Morgan fingerprint density at radius 1 is 1.06 bits per heavy atom. The molecular weight excluding hydrogens is 493 g/mol. The largest absolute Gasteiger partial charge is 0.476 e. The number of nitrogens with zero attached hydrogens (tertiary/aromatic N) is 1. The maximum Gasteiger partial charge on any atom is 0.417 e. The average molecular weight is 511 g/mol. The van der Waals surface area contributed by atoms with E-state index >= 15 is 0 Å². The van der Waals surface area contributed by atoms with Crippen LogP contribution in [-0.2, 0) is 26.7 Å². The highest BCUT2D eigenvalue weighted by atomic mass is 35.5. The van der Waals surface area contributed by atoms with Crippen LogP contribution >= 0.6 is 11.6 Å². The highest BCUT2D eigenvalue weighted by molar-refractivity contribution is 7.92. The maximum atomic E-state index is 13.2. The van der Waals surface area contributed by atoms with Crippen LogP contribution in [0.15, 0.2) is 72.8 Å². The molecule has 1 aliphatic heterocycles. The van der Waals surface area contributed by atoms with Crippen LogP contribution in [0.25, 0.3) is 0 Å². The van der Waals surface area contributed by atoms with Gasteiger partial charge in [-0.3, -0.25) is 9.10 Å². The van der Waals surface area contributed by atoms with Crippen molar-refractivity contribution in [1.82, 2.24) is 0 Å². The monoisotopic (exact) mass is 510 g/mol. The Kier molecular flexibility index (Phi) is 6.46. The highest BCUT2D eigenvalue weighted by Crippen LogP contribution is 2.38. The summed E-state index contributed by atoms with van der Waals surface area (Å²) in [6.07, 6.45) is -6.01. The van der Waals surface area contributed by atoms with Crippen LogP contribution in [0.2, 0.25) is 5.02 Å². The molecule has 11 heteroatoms. The number of anilines is 2. The van der Waals surface area contributed by atoms with Gasteiger partial charge < -0.3 is 10.1 Å². The summed E-state index contributed by atoms with van der Waals surface area (Å²) < 4.78 is 72.7. The number of fused-ring (bicyclic) bond motifs is 1. The van der Waals surface area contributed by atoms with Gasteiger partial charge in [-0.05, 0) is 35.9 Å². The number of rotatable bonds is 5. The minimum Gasteiger partial charge on any atom is -0.476 e. The summed E-state index contributed by atoms with van der Waals surface area (Å²) in [6.45, 7) is -0.349. The summed E-state index contributed by atoms with van der Waals surface area (Å²) in [7, 11) is -3.91. The van der Waals surface area contributed by atoms with Crippen molar-refractivity contribution < 1.29 is 31.1 Å². The molecule has 3 aromatic rings. The number of alkyl halides is 3. The minimum atomic E-state index is -4.71. The lowest BCUT2D eigenvalue weighted by Crippen LogP contribution is -2.49. The summed E-state index contributed by atoms with van der Waals surface area (Å²) in [5.74, 6) is -0.940. The van der Waals surface area contributed by atoms with Gasteiger partial charge in [0, 0.05) is 5.69 Å². The number of carbonyl (C=O) groups excluding carboxylic acids is 1. The first-order valence-electron chi connectivity index (χ1n) is 10.0. The van der Waals surface area contributed by atoms with E-state index in [0.717, 1.165) is 10.4 Å². The number of ether oxygens (including phenoxy) is 1. The first-order chi connectivity index (χ1) is 16.0. The molecular formula is C23H18ClF3N2O4S. The number of para-hydroxylation sites is 2. The van der Waals surface area contributed by atoms with E-state index in [-0.39, 0.29) is 29.4 Å². The Bertz CT molecular complexity index is 1320. The van der Waals surface area contributed by atoms with Crippen molar-refractivity contribution in [2.75, 3.05) is 16.2 Å². The lowest BCUT2D eigenvalue weighted by atomic mass is 10.1. The van der Waals surface area contributed by atoms with E-state index in [0.29, 0.717) is 11.6 Å². The summed E-state index contributed by atoms with van der Waals surface area (Å²) in [6, 6.07) is 17.8. The smallest absolute Gasteiger partial charge is 0.417 e. The second-order valence-corrected chi connectivity index (χ2v) is 9.83. The number of benzene rings is 3. The fourth-order valence-electron chi connectivity index (χ4n) is 3.51. The van der Waals surface area contributed by atoms with Gasteiger partial charge in [0.2, 0.25) is 10.0 Å². The van der Waals surface area contributed by atoms with Crippen molar-refractivity contribution >= 4 is 38.9 Å². The van der Waals surface area contributed by atoms with Gasteiger partial charge in [-0.1, -0.05) is 54.1 Å². The van der Waals surface area contributed by atoms with Crippen LogP contribution < -0.4 is 14.4 Å². The molecule has 0 saturated carbocycles. The topological polar surface area (TPSA) is 75.7 Å². The number of carbonyl (C=O) groups is 1. The second-order valence-electron chi connectivity index (χ2n) is 7.53. The number of amides is 1. The maximum absolute atomic E-state index is 13.2. The summed E-state index contributed by atoms with van der Waals surface area (Å²) in [5, 5.41) is 1.85. The standard InChI is InChI=1S/C23H18ClF3N2O4S/c24-18-11-10-16(12-17(18)23(25,26)27)28-22(30)21-13-29(19-8-4-5-9-20(19)33-21)34(31,32)14-15-6-2-1-3-7-15/h1-12,21H,13-14H2,(H,28,30). The average Bonchev–Trinajstić information content (AvgIpc) is 2.79. The minimum absolute atomic E-state index is 0.150. The SMILES string of the molecule is O=C(Nc1ccc(Cl)c(C(F)(F)F)c1)C1CN(S(=O)(=O)Cc2ccccc2)c2ccccc2O1. The zero-order chi connectivity index (χ0) is 24.5. The van der Waals surface area contributed by atoms with E-state index in [2.05, 4.69) is 5.32 Å². The Labute approximate surface area is 199 Å². The molecule has 6 nitrogen and oxygen atoms in total. The van der Waals surface area contributed by atoms with Gasteiger partial charge in [-0.25, -0.2) is 8.42 Å². The number of nitrogens with one attached hydrogen (secondary N) is 1. The second kappa shape index (κ2) is 9.19. The molecule has 1 heterocycles. The van der Waals surface area contributed by atoms with Crippen LogP contribution in [0.5, 0.6) is 5.75 Å². The third-order valence-electron chi connectivity index (χ3n) is 5.09. The molecule has 0 fully saturated rings. The highest BCUT2D eigenvalue weighted by Gasteiger charge is 2.37. The number of hydrogen-bond acceptors (Lipinski definition) is 4. The molecule has 0 aromatic heterocycles. The molecule has 1 aliphatic rings. The number of hydrogen-bond donors (Lipinski definition) is 1. The third kappa shape index (κ3) is 5.13. The van der Waals surface area contributed by atoms with E-state index in [1.54, 1.807) is 48.5 Å². The first-order valence-corrected chi connectivity index (χ1v) is 12.0. The van der Waals surface area contributed by atoms with E-state index in [4.69, 9.17) is 16.3 Å². The molecule has 1 atom stereocenters. The molecule has 0 aliphatic carbocycles. The molecule has 178 valence electrons. The Hall–Kier alpha value is -3.24. The molecule has 0 spiro atoms. The number of halogens is 4. The molecule has 1 unspecified atom stereocenters. The van der Waals surface area contributed by atoms with Gasteiger partial charge in [-0.2, -0.15) is 13.2 Å². The van der Waals surface area contributed by atoms with Crippen molar-refractivity contribution in [1.29, 1.82) is 0 Å². The summed E-state index contributed by atoms with van der Waals surface area (Å²) in [5.41, 5.74) is -0.418. The fraction of sp³-hybridized carbons (Fsp3) is 0.174. The van der Waals surface area contributed by atoms with E-state index < -0.39 is 38.8 Å². The van der Waals surface area contributed by atoms with Crippen molar-refractivity contribution in [2.45, 2.75) is 18.0 Å². The van der Waals surface area contributed by atoms with E-state index in [1.165, 1.54) is 12.1 Å². The van der Waals surface area contributed by atoms with Crippen molar-refractivity contribution in [3.63, 3.8) is 0 Å². The van der Waals surface area contributed by atoms with Crippen molar-refractivity contribution in [2.24, 2.45) is 0 Å². The van der Waals surface area contributed by atoms with Crippen LogP contribution in [-0.4, -0.2) is 27.0 Å². The molecule has 34 heavy (non-hydrogen) atoms. The Morgan fingerprint density at radius 3 is 2.44 bits per heavy atom. The molecule has 0 radical (unpaired) electrons. The molecule has 1 N–H and O–H groups in total. The molecule has 4 rings (SSSR count). The molecule has 3 aromatic carbocycles. The van der Waals surface area contributed by atoms with Crippen molar-refractivity contribution in [3.05, 3.63) is 88.9 Å². The molecule has 1 amide bonds. The zero-order valence-electron chi connectivity index (χ0n) is 17.4. The lowest BCUT2D eigenvalue weighted by Gasteiger charge is -2.34.